The number of esters is 1. The molecular formula is C15H21NO3. The number of nitrogens with two attached hydrogens (primary N) is 1. The molecule has 0 radical (unpaired) electrons. The van der Waals surface area contributed by atoms with Crippen molar-refractivity contribution in [3.63, 3.8) is 0 Å². The van der Waals surface area contributed by atoms with Crippen LogP contribution in [0.5, 0.6) is 5.75 Å². The minimum atomic E-state index is -0.352. The summed E-state index contributed by atoms with van der Waals surface area (Å²) in [5.41, 5.74) is 6.64. The zero-order chi connectivity index (χ0) is 13.8. The third kappa shape index (κ3) is 3.19. The molecule has 0 bridgehead atoms. The highest BCUT2D eigenvalue weighted by molar-refractivity contribution is 5.95. The van der Waals surface area contributed by atoms with E-state index in [1.54, 1.807) is 25.3 Å². The summed E-state index contributed by atoms with van der Waals surface area (Å²) in [7, 11) is 1.56. The molecule has 1 fully saturated rings. The first-order chi connectivity index (χ1) is 9.11. The van der Waals surface area contributed by atoms with Gasteiger partial charge in [-0.1, -0.05) is 13.3 Å². The summed E-state index contributed by atoms with van der Waals surface area (Å²) in [5, 5.41) is 0. The van der Waals surface area contributed by atoms with Gasteiger partial charge in [0.1, 0.15) is 11.9 Å². The van der Waals surface area contributed by atoms with Crippen LogP contribution in [0, 0.1) is 5.92 Å². The maximum Gasteiger partial charge on any atom is 0.340 e. The first kappa shape index (κ1) is 13.7. The standard InChI is InChI=1S/C15H21NO3/c1-10-5-3-4-6-14(10)19-15(17)12-9-11(18-2)7-8-13(12)16/h7-10,14H,3-6,16H2,1-2H3. The van der Waals surface area contributed by atoms with Gasteiger partial charge in [-0.05, 0) is 43.4 Å². The Balaban J connectivity index is 2.10. The van der Waals surface area contributed by atoms with E-state index in [9.17, 15) is 4.79 Å². The summed E-state index contributed by atoms with van der Waals surface area (Å²) < 4.78 is 10.7. The van der Waals surface area contributed by atoms with E-state index >= 15 is 0 Å². The van der Waals surface area contributed by atoms with Crippen LogP contribution < -0.4 is 10.5 Å². The molecule has 1 aliphatic rings. The number of carbonyl (C=O) groups is 1. The van der Waals surface area contributed by atoms with Gasteiger partial charge in [0.05, 0.1) is 12.7 Å². The Hall–Kier alpha value is -1.71. The molecule has 0 spiro atoms. The Bertz CT molecular complexity index is 459. The fraction of sp³-hybridized carbons (Fsp3) is 0.533. The van der Waals surface area contributed by atoms with Crippen molar-refractivity contribution in [2.75, 3.05) is 12.8 Å². The number of methoxy groups -OCH3 is 1. The van der Waals surface area contributed by atoms with Crippen LogP contribution in [0.1, 0.15) is 43.0 Å². The van der Waals surface area contributed by atoms with Gasteiger partial charge in [0.25, 0.3) is 0 Å². The van der Waals surface area contributed by atoms with Crippen LogP contribution in [0.2, 0.25) is 0 Å². The Kier molecular flexibility index (Phi) is 4.30. The molecule has 1 aliphatic carbocycles. The summed E-state index contributed by atoms with van der Waals surface area (Å²) in [5.74, 6) is 0.678. The lowest BCUT2D eigenvalue weighted by Gasteiger charge is -2.28. The molecule has 2 rings (SSSR count). The van der Waals surface area contributed by atoms with Crippen LogP contribution in [0.4, 0.5) is 5.69 Å². The summed E-state index contributed by atoms with van der Waals surface area (Å²) in [6.45, 7) is 2.13. The molecule has 4 heteroatoms. The zero-order valence-corrected chi connectivity index (χ0v) is 11.5. The van der Waals surface area contributed by atoms with Crippen molar-refractivity contribution in [2.24, 2.45) is 5.92 Å². The lowest BCUT2D eigenvalue weighted by molar-refractivity contribution is 0.00490. The molecule has 0 saturated heterocycles. The number of rotatable bonds is 3. The topological polar surface area (TPSA) is 61.5 Å². The van der Waals surface area contributed by atoms with Crippen molar-refractivity contribution < 1.29 is 14.3 Å². The number of carbonyl (C=O) groups excluding carboxylic acids is 1. The van der Waals surface area contributed by atoms with E-state index in [1.807, 2.05) is 0 Å². The SMILES string of the molecule is COc1ccc(N)c(C(=O)OC2CCCCC2C)c1. The average molecular weight is 263 g/mol. The second-order valence-electron chi connectivity index (χ2n) is 5.16. The highest BCUT2D eigenvalue weighted by Gasteiger charge is 2.26. The Morgan fingerprint density at radius 2 is 2.05 bits per heavy atom. The average Bonchev–Trinajstić information content (AvgIpc) is 2.42. The second kappa shape index (κ2) is 5.95. The number of anilines is 1. The van der Waals surface area contributed by atoms with Gasteiger partial charge in [0, 0.05) is 5.69 Å². The zero-order valence-electron chi connectivity index (χ0n) is 11.5. The van der Waals surface area contributed by atoms with E-state index in [-0.39, 0.29) is 12.1 Å². The van der Waals surface area contributed by atoms with Crippen molar-refractivity contribution in [3.05, 3.63) is 23.8 Å². The number of nitrogen functional groups attached to an aromatic ring is 1. The highest BCUT2D eigenvalue weighted by atomic mass is 16.5. The lowest BCUT2D eigenvalue weighted by Crippen LogP contribution is -2.28. The molecule has 4 nitrogen and oxygen atoms in total. The van der Waals surface area contributed by atoms with Crippen molar-refractivity contribution in [1.82, 2.24) is 0 Å². The third-order valence-electron chi connectivity index (χ3n) is 3.77. The molecule has 1 aromatic carbocycles. The molecule has 1 saturated carbocycles. The molecule has 0 heterocycles. The fourth-order valence-electron chi connectivity index (χ4n) is 2.50. The van der Waals surface area contributed by atoms with E-state index in [4.69, 9.17) is 15.2 Å². The molecule has 104 valence electrons. The second-order valence-corrected chi connectivity index (χ2v) is 5.16. The predicted molar refractivity (Wildman–Crippen MR) is 74.2 cm³/mol. The van der Waals surface area contributed by atoms with E-state index in [2.05, 4.69) is 6.92 Å². The van der Waals surface area contributed by atoms with Gasteiger partial charge in [-0.3, -0.25) is 0 Å². The smallest absolute Gasteiger partial charge is 0.340 e. The molecule has 2 N–H and O–H groups in total. The first-order valence-electron chi connectivity index (χ1n) is 6.76. The molecule has 0 aromatic heterocycles. The van der Waals surface area contributed by atoms with Gasteiger partial charge < -0.3 is 15.2 Å². The van der Waals surface area contributed by atoms with Gasteiger partial charge in [0.2, 0.25) is 0 Å². The Morgan fingerprint density at radius 1 is 1.32 bits per heavy atom. The molecular weight excluding hydrogens is 242 g/mol. The summed E-state index contributed by atoms with van der Waals surface area (Å²) in [6, 6.07) is 5.03. The van der Waals surface area contributed by atoms with Crippen molar-refractivity contribution in [1.29, 1.82) is 0 Å². The van der Waals surface area contributed by atoms with Gasteiger partial charge in [-0.2, -0.15) is 0 Å². The maximum absolute atomic E-state index is 12.2. The highest BCUT2D eigenvalue weighted by Crippen LogP contribution is 2.28. The quantitative estimate of drug-likeness (QED) is 0.672. The van der Waals surface area contributed by atoms with Crippen LogP contribution in [-0.4, -0.2) is 19.2 Å². The van der Waals surface area contributed by atoms with Crippen molar-refractivity contribution in [3.8, 4) is 5.75 Å². The normalized spacial score (nSPS) is 22.8. The predicted octanol–water partition coefficient (Wildman–Crippen LogP) is 3.01. The Labute approximate surface area is 113 Å². The third-order valence-corrected chi connectivity index (χ3v) is 3.77. The molecule has 0 amide bonds. The van der Waals surface area contributed by atoms with Gasteiger partial charge in [-0.15, -0.1) is 0 Å². The van der Waals surface area contributed by atoms with Gasteiger partial charge >= 0.3 is 5.97 Å². The number of ether oxygens (including phenoxy) is 2. The lowest BCUT2D eigenvalue weighted by atomic mass is 9.88. The fourth-order valence-corrected chi connectivity index (χ4v) is 2.50. The first-order valence-corrected chi connectivity index (χ1v) is 6.76. The molecule has 1 aromatic rings. The van der Waals surface area contributed by atoms with Crippen LogP contribution >= 0.6 is 0 Å². The summed E-state index contributed by atoms with van der Waals surface area (Å²) in [4.78, 5) is 12.2. The minimum absolute atomic E-state index is 0.00634. The molecule has 0 aliphatic heterocycles. The summed E-state index contributed by atoms with van der Waals surface area (Å²) in [6.07, 6.45) is 4.40. The monoisotopic (exact) mass is 263 g/mol. The van der Waals surface area contributed by atoms with Gasteiger partial charge in [0.15, 0.2) is 0 Å². The van der Waals surface area contributed by atoms with Crippen LogP contribution in [0.15, 0.2) is 18.2 Å². The van der Waals surface area contributed by atoms with Crippen molar-refractivity contribution >= 4 is 11.7 Å². The molecule has 2 unspecified atom stereocenters. The maximum atomic E-state index is 12.2. The van der Waals surface area contributed by atoms with E-state index in [1.165, 1.54) is 6.42 Å². The van der Waals surface area contributed by atoms with Crippen molar-refractivity contribution in [2.45, 2.75) is 38.7 Å². The molecule has 19 heavy (non-hydrogen) atoms. The van der Waals surface area contributed by atoms with Crippen LogP contribution in [0.3, 0.4) is 0 Å². The minimum Gasteiger partial charge on any atom is -0.497 e. The largest absolute Gasteiger partial charge is 0.497 e. The van der Waals surface area contributed by atoms with E-state index in [0.717, 1.165) is 19.3 Å². The Morgan fingerprint density at radius 3 is 2.74 bits per heavy atom. The van der Waals surface area contributed by atoms with E-state index in [0.29, 0.717) is 22.9 Å². The van der Waals surface area contributed by atoms with Crippen LogP contribution in [-0.2, 0) is 4.74 Å². The molecule has 2 atom stereocenters. The van der Waals surface area contributed by atoms with Crippen LogP contribution in [0.25, 0.3) is 0 Å². The van der Waals surface area contributed by atoms with E-state index < -0.39 is 0 Å². The van der Waals surface area contributed by atoms with Gasteiger partial charge in [-0.25, -0.2) is 4.79 Å². The number of hydrogen-bond acceptors (Lipinski definition) is 4. The number of benzene rings is 1. The number of hydrogen-bond donors (Lipinski definition) is 1. The summed E-state index contributed by atoms with van der Waals surface area (Å²) >= 11 is 0.